The SMILES string of the molecule is COc1ccc(CCN2CC(O)=C(c3nc4ccccc4s3)C2=N)cc1. The number of aromatic nitrogens is 1. The first kappa shape index (κ1) is 16.6. The lowest BCUT2D eigenvalue weighted by molar-refractivity contribution is 0.351. The second-order valence-electron chi connectivity index (χ2n) is 6.18. The van der Waals surface area contributed by atoms with Gasteiger partial charge in [0.2, 0.25) is 0 Å². The van der Waals surface area contributed by atoms with Crippen molar-refractivity contribution < 1.29 is 9.84 Å². The van der Waals surface area contributed by atoms with Gasteiger partial charge in [-0.15, -0.1) is 11.3 Å². The largest absolute Gasteiger partial charge is 0.510 e. The number of nitrogens with one attached hydrogen (secondary N) is 1. The molecule has 26 heavy (non-hydrogen) atoms. The molecule has 1 aliphatic heterocycles. The fourth-order valence-electron chi connectivity index (χ4n) is 3.08. The quantitative estimate of drug-likeness (QED) is 0.714. The van der Waals surface area contributed by atoms with E-state index in [9.17, 15) is 5.11 Å². The maximum absolute atomic E-state index is 10.4. The first-order chi connectivity index (χ1) is 12.7. The van der Waals surface area contributed by atoms with Crippen LogP contribution in [0.1, 0.15) is 10.6 Å². The Bertz CT molecular complexity index is 959. The molecule has 1 aliphatic rings. The van der Waals surface area contributed by atoms with Gasteiger partial charge in [-0.1, -0.05) is 24.3 Å². The Hall–Kier alpha value is -2.86. The number of nitrogens with zero attached hydrogens (tertiary/aromatic N) is 2. The van der Waals surface area contributed by atoms with Crippen molar-refractivity contribution in [1.82, 2.24) is 9.88 Å². The molecule has 132 valence electrons. The molecule has 6 heteroatoms. The molecule has 0 spiro atoms. The number of benzene rings is 2. The summed E-state index contributed by atoms with van der Waals surface area (Å²) >= 11 is 1.51. The highest BCUT2D eigenvalue weighted by molar-refractivity contribution is 7.19. The Balaban J connectivity index is 1.48. The van der Waals surface area contributed by atoms with E-state index in [0.717, 1.165) is 22.4 Å². The summed E-state index contributed by atoms with van der Waals surface area (Å²) in [6.07, 6.45) is 0.798. The van der Waals surface area contributed by atoms with Crippen molar-refractivity contribution in [3.8, 4) is 5.75 Å². The van der Waals surface area contributed by atoms with E-state index in [4.69, 9.17) is 10.1 Å². The van der Waals surface area contributed by atoms with E-state index in [1.807, 2.05) is 53.4 Å². The third-order valence-electron chi connectivity index (χ3n) is 4.52. The van der Waals surface area contributed by atoms with Gasteiger partial charge in [0.25, 0.3) is 0 Å². The van der Waals surface area contributed by atoms with Crippen LogP contribution in [0, 0.1) is 5.41 Å². The molecule has 3 aromatic rings. The van der Waals surface area contributed by atoms with E-state index in [2.05, 4.69) is 4.98 Å². The van der Waals surface area contributed by atoms with E-state index in [1.165, 1.54) is 16.9 Å². The van der Waals surface area contributed by atoms with E-state index in [0.29, 0.717) is 29.5 Å². The number of ether oxygens (including phenoxy) is 1. The predicted molar refractivity (Wildman–Crippen MR) is 105 cm³/mol. The summed E-state index contributed by atoms with van der Waals surface area (Å²) in [6.45, 7) is 1.03. The lowest BCUT2D eigenvalue weighted by atomic mass is 10.1. The highest BCUT2D eigenvalue weighted by Crippen LogP contribution is 2.33. The minimum absolute atomic E-state index is 0.226. The number of thiazole rings is 1. The number of amidine groups is 1. The lowest BCUT2D eigenvalue weighted by Gasteiger charge is -2.18. The smallest absolute Gasteiger partial charge is 0.135 e. The van der Waals surface area contributed by atoms with Crippen LogP contribution in [-0.4, -0.2) is 41.0 Å². The van der Waals surface area contributed by atoms with Gasteiger partial charge in [-0.3, -0.25) is 5.41 Å². The van der Waals surface area contributed by atoms with Crippen LogP contribution in [0.2, 0.25) is 0 Å². The third-order valence-corrected chi connectivity index (χ3v) is 5.57. The van der Waals surface area contributed by atoms with Crippen LogP contribution in [0.4, 0.5) is 0 Å². The number of fused-ring (bicyclic) bond motifs is 1. The summed E-state index contributed by atoms with van der Waals surface area (Å²) in [4.78, 5) is 6.48. The molecule has 0 amide bonds. The summed E-state index contributed by atoms with van der Waals surface area (Å²) in [5.74, 6) is 1.40. The number of rotatable bonds is 5. The molecule has 0 bridgehead atoms. The van der Waals surface area contributed by atoms with Crippen molar-refractivity contribution in [2.24, 2.45) is 0 Å². The van der Waals surface area contributed by atoms with Crippen LogP contribution < -0.4 is 4.74 Å². The van der Waals surface area contributed by atoms with Crippen molar-refractivity contribution in [2.45, 2.75) is 6.42 Å². The van der Waals surface area contributed by atoms with E-state index in [-0.39, 0.29) is 5.76 Å². The zero-order valence-electron chi connectivity index (χ0n) is 14.4. The van der Waals surface area contributed by atoms with Crippen molar-refractivity contribution in [1.29, 1.82) is 5.41 Å². The number of methoxy groups -OCH3 is 1. The summed E-state index contributed by atoms with van der Waals surface area (Å²) in [7, 11) is 1.65. The van der Waals surface area contributed by atoms with Gasteiger partial charge in [0.15, 0.2) is 0 Å². The van der Waals surface area contributed by atoms with Crippen LogP contribution >= 0.6 is 11.3 Å². The molecule has 0 radical (unpaired) electrons. The topological polar surface area (TPSA) is 69.4 Å². The number of aliphatic hydroxyl groups excluding tert-OH is 1. The molecule has 2 heterocycles. The molecule has 2 aromatic carbocycles. The molecular weight excluding hydrogens is 346 g/mol. The van der Waals surface area contributed by atoms with Crippen LogP contribution in [-0.2, 0) is 6.42 Å². The first-order valence-electron chi connectivity index (χ1n) is 8.40. The van der Waals surface area contributed by atoms with Crippen LogP contribution in [0.15, 0.2) is 54.3 Å². The Morgan fingerprint density at radius 1 is 1.19 bits per heavy atom. The fraction of sp³-hybridized carbons (Fsp3) is 0.200. The van der Waals surface area contributed by atoms with Gasteiger partial charge < -0.3 is 14.7 Å². The van der Waals surface area contributed by atoms with E-state index < -0.39 is 0 Å². The monoisotopic (exact) mass is 365 g/mol. The molecule has 5 nitrogen and oxygen atoms in total. The van der Waals surface area contributed by atoms with Gasteiger partial charge in [0.05, 0.1) is 29.4 Å². The molecule has 0 unspecified atom stereocenters. The molecule has 0 aliphatic carbocycles. The standard InChI is InChI=1S/C20H19N3O2S/c1-25-14-8-6-13(7-9-14)10-11-23-12-16(24)18(19(23)21)20-22-15-4-2-3-5-17(15)26-20/h2-9,21,24H,10-12H2,1H3. The van der Waals surface area contributed by atoms with Gasteiger partial charge in [-0.25, -0.2) is 4.98 Å². The average molecular weight is 365 g/mol. The van der Waals surface area contributed by atoms with Crippen molar-refractivity contribution in [3.63, 3.8) is 0 Å². The molecule has 0 saturated carbocycles. The molecular formula is C20H19N3O2S. The lowest BCUT2D eigenvalue weighted by Crippen LogP contribution is -2.28. The molecule has 4 rings (SSSR count). The predicted octanol–water partition coefficient (Wildman–Crippen LogP) is 4.11. The second kappa shape index (κ2) is 6.80. The van der Waals surface area contributed by atoms with Crippen LogP contribution in [0.5, 0.6) is 5.75 Å². The minimum atomic E-state index is 0.226. The Labute approximate surface area is 155 Å². The molecule has 2 N–H and O–H groups in total. The summed E-state index contributed by atoms with van der Waals surface area (Å²) in [5, 5.41) is 19.6. The number of para-hydroxylation sites is 1. The highest BCUT2D eigenvalue weighted by atomic mass is 32.1. The van der Waals surface area contributed by atoms with Crippen molar-refractivity contribution in [3.05, 3.63) is 64.9 Å². The van der Waals surface area contributed by atoms with Gasteiger partial charge >= 0.3 is 0 Å². The third kappa shape index (κ3) is 3.04. The van der Waals surface area contributed by atoms with Crippen molar-refractivity contribution in [2.75, 3.05) is 20.2 Å². The zero-order valence-corrected chi connectivity index (χ0v) is 15.2. The number of hydrogen-bond donors (Lipinski definition) is 2. The van der Waals surface area contributed by atoms with Gasteiger partial charge in [-0.2, -0.15) is 0 Å². The number of hydrogen-bond acceptors (Lipinski definition) is 5. The van der Waals surface area contributed by atoms with Crippen molar-refractivity contribution >= 4 is 33.0 Å². The maximum atomic E-state index is 10.4. The van der Waals surface area contributed by atoms with Gasteiger partial charge in [-0.05, 0) is 36.2 Å². The molecule has 0 fully saturated rings. The Morgan fingerprint density at radius 3 is 2.69 bits per heavy atom. The number of aliphatic hydroxyl groups is 1. The maximum Gasteiger partial charge on any atom is 0.135 e. The van der Waals surface area contributed by atoms with E-state index in [1.54, 1.807) is 7.11 Å². The fourth-order valence-corrected chi connectivity index (χ4v) is 4.12. The average Bonchev–Trinajstić information content (AvgIpc) is 3.20. The zero-order chi connectivity index (χ0) is 18.1. The van der Waals surface area contributed by atoms with Gasteiger partial charge in [0, 0.05) is 6.54 Å². The molecule has 0 atom stereocenters. The van der Waals surface area contributed by atoms with Gasteiger partial charge in [0.1, 0.15) is 22.4 Å². The minimum Gasteiger partial charge on any atom is -0.510 e. The van der Waals surface area contributed by atoms with Crippen LogP contribution in [0.3, 0.4) is 0 Å². The summed E-state index contributed by atoms with van der Waals surface area (Å²) in [6, 6.07) is 15.8. The summed E-state index contributed by atoms with van der Waals surface area (Å²) in [5.41, 5.74) is 2.63. The van der Waals surface area contributed by atoms with Crippen LogP contribution in [0.25, 0.3) is 15.8 Å². The van der Waals surface area contributed by atoms with E-state index >= 15 is 0 Å². The summed E-state index contributed by atoms with van der Waals surface area (Å²) < 4.78 is 6.24. The molecule has 0 saturated heterocycles. The second-order valence-corrected chi connectivity index (χ2v) is 7.21. The Kier molecular flexibility index (Phi) is 4.34. The highest BCUT2D eigenvalue weighted by Gasteiger charge is 2.30. The molecule has 1 aromatic heterocycles. The normalized spacial score (nSPS) is 14.5. The first-order valence-corrected chi connectivity index (χ1v) is 9.22. The Morgan fingerprint density at radius 2 is 1.96 bits per heavy atom.